The predicted molar refractivity (Wildman–Crippen MR) is 113 cm³/mol. The molecule has 0 spiro atoms. The third-order valence-electron chi connectivity index (χ3n) is 5.40. The van der Waals surface area contributed by atoms with E-state index < -0.39 is 11.7 Å². The van der Waals surface area contributed by atoms with Crippen molar-refractivity contribution in [2.45, 2.75) is 31.5 Å². The number of carbonyl (C=O) groups excluding carboxylic acids is 2. The largest absolute Gasteiger partial charge is 0.416 e. The van der Waals surface area contributed by atoms with Gasteiger partial charge in [-0.25, -0.2) is 0 Å². The maximum Gasteiger partial charge on any atom is 0.416 e. The van der Waals surface area contributed by atoms with Crippen molar-refractivity contribution in [2.24, 2.45) is 0 Å². The maximum atomic E-state index is 12.8. The van der Waals surface area contributed by atoms with Crippen LogP contribution < -0.4 is 5.32 Å². The van der Waals surface area contributed by atoms with Gasteiger partial charge in [0.1, 0.15) is 0 Å². The summed E-state index contributed by atoms with van der Waals surface area (Å²) in [6.07, 6.45) is -1.67. The lowest BCUT2D eigenvalue weighted by atomic mass is 9.94. The molecule has 0 bridgehead atoms. The van der Waals surface area contributed by atoms with E-state index >= 15 is 0 Å². The molecular weight excluding hydrogens is 407 g/mol. The monoisotopic (exact) mass is 433 g/mol. The zero-order valence-corrected chi connectivity index (χ0v) is 17.6. The van der Waals surface area contributed by atoms with Crippen molar-refractivity contribution in [1.82, 2.24) is 9.80 Å². The van der Waals surface area contributed by atoms with E-state index in [4.69, 9.17) is 0 Å². The number of nitrogens with one attached hydrogen (secondary N) is 1. The van der Waals surface area contributed by atoms with E-state index in [0.717, 1.165) is 37.0 Å². The lowest BCUT2D eigenvalue weighted by Crippen LogP contribution is -2.39. The van der Waals surface area contributed by atoms with Crippen LogP contribution >= 0.6 is 0 Å². The first-order valence-corrected chi connectivity index (χ1v) is 10.2. The number of anilines is 1. The van der Waals surface area contributed by atoms with Crippen LogP contribution in [0, 0.1) is 0 Å². The molecule has 0 radical (unpaired) electrons. The number of nitrogens with zero attached hydrogens (tertiary/aromatic N) is 2. The summed E-state index contributed by atoms with van der Waals surface area (Å²) in [5, 5.41) is 2.83. The summed E-state index contributed by atoms with van der Waals surface area (Å²) in [4.78, 5) is 28.0. The van der Waals surface area contributed by atoms with E-state index in [1.165, 1.54) is 17.0 Å². The number of alkyl halides is 3. The fourth-order valence-electron chi connectivity index (χ4n) is 3.79. The molecule has 0 saturated carbocycles. The van der Waals surface area contributed by atoms with Crippen LogP contribution in [-0.4, -0.2) is 48.8 Å². The molecule has 3 rings (SSSR count). The first-order valence-electron chi connectivity index (χ1n) is 10.2. The number of hydrogen-bond donors (Lipinski definition) is 1. The topological polar surface area (TPSA) is 52.7 Å². The third kappa shape index (κ3) is 5.85. The third-order valence-corrected chi connectivity index (χ3v) is 5.40. The smallest absolute Gasteiger partial charge is 0.345 e. The van der Waals surface area contributed by atoms with Crippen molar-refractivity contribution in [3.8, 4) is 0 Å². The molecule has 166 valence electrons. The van der Waals surface area contributed by atoms with Gasteiger partial charge in [0, 0.05) is 31.4 Å². The SMILES string of the molecule is CN(C)C(=O)c1ccc(NC(=O)CN2CCCCC2c2ccc(C(F)(F)F)cc2)cc1. The second kappa shape index (κ2) is 9.51. The molecule has 1 N–H and O–H groups in total. The standard InChI is InChI=1S/C23H26F3N3O2/c1-28(2)22(31)17-8-12-19(13-9-17)27-21(30)15-29-14-4-3-5-20(29)16-6-10-18(11-7-16)23(24,25)26/h6-13,20H,3-5,14-15H2,1-2H3,(H,27,30). The number of halogens is 3. The van der Waals surface area contributed by atoms with E-state index in [2.05, 4.69) is 5.32 Å². The van der Waals surface area contributed by atoms with E-state index in [1.54, 1.807) is 38.4 Å². The van der Waals surface area contributed by atoms with Gasteiger partial charge in [0.05, 0.1) is 12.1 Å². The summed E-state index contributed by atoms with van der Waals surface area (Å²) >= 11 is 0. The summed E-state index contributed by atoms with van der Waals surface area (Å²) in [6, 6.07) is 11.8. The molecule has 0 aromatic heterocycles. The molecule has 1 heterocycles. The Morgan fingerprint density at radius 3 is 2.26 bits per heavy atom. The van der Waals surface area contributed by atoms with Crippen LogP contribution in [0.2, 0.25) is 0 Å². The minimum Gasteiger partial charge on any atom is -0.345 e. The van der Waals surface area contributed by atoms with Gasteiger partial charge < -0.3 is 10.2 Å². The average Bonchev–Trinajstić information content (AvgIpc) is 2.73. The number of carbonyl (C=O) groups is 2. The fraction of sp³-hybridized carbons (Fsp3) is 0.391. The van der Waals surface area contributed by atoms with E-state index in [-0.39, 0.29) is 24.4 Å². The maximum absolute atomic E-state index is 12.8. The summed E-state index contributed by atoms with van der Waals surface area (Å²) in [6.45, 7) is 0.847. The molecule has 1 aliphatic rings. The number of likely N-dealkylation sites (tertiary alicyclic amines) is 1. The fourth-order valence-corrected chi connectivity index (χ4v) is 3.79. The first kappa shape index (κ1) is 22.8. The lowest BCUT2D eigenvalue weighted by Gasteiger charge is -2.35. The molecule has 2 aromatic rings. The first-order chi connectivity index (χ1) is 14.6. The van der Waals surface area contributed by atoms with E-state index in [9.17, 15) is 22.8 Å². The van der Waals surface area contributed by atoms with Crippen LogP contribution in [0.5, 0.6) is 0 Å². The molecule has 1 atom stereocenters. The van der Waals surface area contributed by atoms with Gasteiger partial charge >= 0.3 is 6.18 Å². The summed E-state index contributed by atoms with van der Waals surface area (Å²) < 4.78 is 38.5. The van der Waals surface area contributed by atoms with Crippen LogP contribution in [0.25, 0.3) is 0 Å². The molecule has 8 heteroatoms. The number of hydrogen-bond acceptors (Lipinski definition) is 3. The Kier molecular flexibility index (Phi) is 7.00. The quantitative estimate of drug-likeness (QED) is 0.752. The molecule has 0 aliphatic carbocycles. The van der Waals surface area contributed by atoms with Crippen molar-refractivity contribution in [3.63, 3.8) is 0 Å². The molecule has 2 aromatic carbocycles. The van der Waals surface area contributed by atoms with Crippen molar-refractivity contribution in [3.05, 3.63) is 65.2 Å². The predicted octanol–water partition coefficient (Wildman–Crippen LogP) is 4.57. The van der Waals surface area contributed by atoms with Crippen molar-refractivity contribution in [2.75, 3.05) is 32.5 Å². The second-order valence-corrected chi connectivity index (χ2v) is 7.93. The van der Waals surface area contributed by atoms with Crippen LogP contribution in [0.3, 0.4) is 0 Å². The lowest BCUT2D eigenvalue weighted by molar-refractivity contribution is -0.137. The van der Waals surface area contributed by atoms with Crippen molar-refractivity contribution in [1.29, 1.82) is 0 Å². The Morgan fingerprint density at radius 2 is 1.68 bits per heavy atom. The van der Waals surface area contributed by atoms with Crippen molar-refractivity contribution < 1.29 is 22.8 Å². The Hall–Kier alpha value is -2.87. The normalized spacial score (nSPS) is 17.3. The summed E-state index contributed by atoms with van der Waals surface area (Å²) in [5.41, 5.74) is 1.23. The number of rotatable bonds is 5. The Bertz CT molecular complexity index is 909. The van der Waals surface area contributed by atoms with Gasteiger partial charge in [0.25, 0.3) is 5.91 Å². The minimum absolute atomic E-state index is 0.0955. The van der Waals surface area contributed by atoms with Gasteiger partial charge in [0.15, 0.2) is 0 Å². The van der Waals surface area contributed by atoms with Gasteiger partial charge in [-0.15, -0.1) is 0 Å². The molecule has 5 nitrogen and oxygen atoms in total. The molecular formula is C23H26F3N3O2. The second-order valence-electron chi connectivity index (χ2n) is 7.93. The van der Waals surface area contributed by atoms with Crippen molar-refractivity contribution >= 4 is 17.5 Å². The van der Waals surface area contributed by atoms with Gasteiger partial charge in [-0.05, 0) is 61.3 Å². The van der Waals surface area contributed by atoms with E-state index in [0.29, 0.717) is 17.8 Å². The van der Waals surface area contributed by atoms with Gasteiger partial charge in [-0.2, -0.15) is 13.2 Å². The Labute approximate surface area is 179 Å². The molecule has 1 unspecified atom stereocenters. The Morgan fingerprint density at radius 1 is 1.03 bits per heavy atom. The minimum atomic E-state index is -4.36. The van der Waals surface area contributed by atoms with Crippen LogP contribution in [0.1, 0.15) is 46.8 Å². The summed E-state index contributed by atoms with van der Waals surface area (Å²) in [7, 11) is 3.34. The number of benzene rings is 2. The zero-order valence-electron chi connectivity index (χ0n) is 17.6. The summed E-state index contributed by atoms with van der Waals surface area (Å²) in [5.74, 6) is -0.323. The Balaban J connectivity index is 1.64. The zero-order chi connectivity index (χ0) is 22.6. The van der Waals surface area contributed by atoms with Crippen LogP contribution in [0.15, 0.2) is 48.5 Å². The highest BCUT2D eigenvalue weighted by molar-refractivity contribution is 5.96. The highest BCUT2D eigenvalue weighted by Crippen LogP contribution is 2.34. The molecule has 31 heavy (non-hydrogen) atoms. The van der Waals surface area contributed by atoms with Gasteiger partial charge in [-0.3, -0.25) is 14.5 Å². The molecule has 1 aliphatic heterocycles. The highest BCUT2D eigenvalue weighted by Gasteiger charge is 2.31. The number of amides is 2. The van der Waals surface area contributed by atoms with Crippen LogP contribution in [-0.2, 0) is 11.0 Å². The highest BCUT2D eigenvalue weighted by atomic mass is 19.4. The van der Waals surface area contributed by atoms with Gasteiger partial charge in [0.2, 0.25) is 5.91 Å². The molecule has 1 saturated heterocycles. The van der Waals surface area contributed by atoms with Gasteiger partial charge in [-0.1, -0.05) is 18.6 Å². The number of piperidine rings is 1. The average molecular weight is 433 g/mol. The van der Waals surface area contributed by atoms with Crippen LogP contribution in [0.4, 0.5) is 18.9 Å². The molecule has 1 fully saturated rings. The molecule has 2 amide bonds. The van der Waals surface area contributed by atoms with E-state index in [1.807, 2.05) is 4.90 Å².